The Morgan fingerprint density at radius 2 is 1.63 bits per heavy atom. The molecule has 1 rings (SSSR count). The van der Waals surface area contributed by atoms with Crippen molar-refractivity contribution in [3.63, 3.8) is 0 Å². The lowest BCUT2D eigenvalue weighted by atomic mass is 10.2. The van der Waals surface area contributed by atoms with E-state index in [1.54, 1.807) is 0 Å². The lowest BCUT2D eigenvalue weighted by Gasteiger charge is -2.17. The summed E-state index contributed by atoms with van der Waals surface area (Å²) in [6, 6.07) is 0. The summed E-state index contributed by atoms with van der Waals surface area (Å²) < 4.78 is 100. The Kier molecular flexibility index (Phi) is 4.47. The number of aromatic nitrogens is 1. The molecule has 0 bridgehead atoms. The smallest absolute Gasteiger partial charge is 0.402 e. The number of ether oxygens (including phenoxy) is 1. The second kappa shape index (κ2) is 5.25. The molecule has 0 saturated heterocycles. The molecule has 0 unspecified atom stereocenters. The molecule has 0 aliphatic heterocycles. The van der Waals surface area contributed by atoms with Crippen molar-refractivity contribution < 1.29 is 39.9 Å². The zero-order valence-corrected chi connectivity index (χ0v) is 10.6. The van der Waals surface area contributed by atoms with Gasteiger partial charge in [0, 0.05) is 6.20 Å². The number of hydrogen-bond donors (Lipinski definition) is 0. The van der Waals surface area contributed by atoms with Gasteiger partial charge in [0.05, 0.1) is 9.13 Å². The number of alkyl halides is 8. The molecule has 1 aromatic heterocycles. The summed E-state index contributed by atoms with van der Waals surface area (Å²) in [6.07, 6.45) is -13.8. The van der Waals surface area contributed by atoms with E-state index in [4.69, 9.17) is 0 Å². The summed E-state index contributed by atoms with van der Waals surface area (Å²) in [6.45, 7) is 0. The van der Waals surface area contributed by atoms with E-state index < -0.39 is 39.5 Å². The van der Waals surface area contributed by atoms with E-state index in [0.717, 1.165) is 22.6 Å². The average Bonchev–Trinajstić information content (AvgIpc) is 2.16. The first kappa shape index (κ1) is 16.2. The molecule has 2 nitrogen and oxygen atoms in total. The Bertz CT molecular complexity index is 469. The lowest BCUT2D eigenvalue weighted by Crippen LogP contribution is -2.22. The normalized spacial score (nSPS) is 12.9. The predicted molar refractivity (Wildman–Crippen MR) is 53.6 cm³/mol. The Labute approximate surface area is 113 Å². The molecule has 0 amide bonds. The lowest BCUT2D eigenvalue weighted by molar-refractivity contribution is -0.276. The molecule has 108 valence electrons. The van der Waals surface area contributed by atoms with Crippen molar-refractivity contribution in [3.8, 4) is 5.75 Å². The van der Waals surface area contributed by atoms with Crippen molar-refractivity contribution in [2.75, 3.05) is 0 Å². The van der Waals surface area contributed by atoms with Gasteiger partial charge in [0.1, 0.15) is 0 Å². The molecule has 1 heterocycles. The van der Waals surface area contributed by atoms with Crippen LogP contribution in [0.3, 0.4) is 0 Å². The molecular weight excluding hydrogens is 405 g/mol. The summed E-state index contributed by atoms with van der Waals surface area (Å²) in [4.78, 5) is 2.58. The maximum atomic E-state index is 12.4. The van der Waals surface area contributed by atoms with Crippen LogP contribution >= 0.6 is 22.6 Å². The summed E-state index contributed by atoms with van der Waals surface area (Å²) >= 11 is 0.917. The third-order valence-corrected chi connectivity index (χ3v) is 2.83. The van der Waals surface area contributed by atoms with Gasteiger partial charge in [0.15, 0.2) is 11.4 Å². The van der Waals surface area contributed by atoms with Gasteiger partial charge >= 0.3 is 12.5 Å². The first-order valence-corrected chi connectivity index (χ1v) is 5.31. The molecule has 11 heteroatoms. The molecule has 0 aliphatic rings. The first-order chi connectivity index (χ1) is 8.43. The number of halogens is 9. The number of hydrogen-bond acceptors (Lipinski definition) is 2. The molecule has 0 spiro atoms. The van der Waals surface area contributed by atoms with Crippen LogP contribution in [0.25, 0.3) is 0 Å². The molecule has 0 fully saturated rings. The third-order valence-electron chi connectivity index (χ3n) is 1.72. The van der Waals surface area contributed by atoms with E-state index in [0.29, 0.717) is 0 Å². The van der Waals surface area contributed by atoms with Crippen LogP contribution < -0.4 is 4.74 Å². The molecule has 0 atom stereocenters. The van der Waals surface area contributed by atoms with Gasteiger partial charge in [-0.25, -0.2) is 13.8 Å². The molecule has 0 aromatic carbocycles. The zero-order valence-electron chi connectivity index (χ0n) is 8.41. The minimum Gasteiger partial charge on any atom is -0.402 e. The zero-order chi connectivity index (χ0) is 15.0. The molecule has 0 aliphatic carbocycles. The van der Waals surface area contributed by atoms with Crippen molar-refractivity contribution >= 4 is 22.6 Å². The number of pyridine rings is 1. The molecular formula is C8H2F8INO. The molecule has 0 saturated carbocycles. The fourth-order valence-electron chi connectivity index (χ4n) is 1.05. The van der Waals surface area contributed by atoms with Crippen LogP contribution in [-0.4, -0.2) is 11.3 Å². The van der Waals surface area contributed by atoms with Gasteiger partial charge in [-0.2, -0.15) is 13.2 Å². The van der Waals surface area contributed by atoms with E-state index in [1.807, 2.05) is 0 Å². The maximum Gasteiger partial charge on any atom is 0.573 e. The second-order valence-corrected chi connectivity index (χ2v) is 4.13. The fourth-order valence-corrected chi connectivity index (χ4v) is 1.79. The fraction of sp³-hybridized carbons (Fsp3) is 0.375. The van der Waals surface area contributed by atoms with E-state index in [9.17, 15) is 35.1 Å². The van der Waals surface area contributed by atoms with E-state index in [2.05, 4.69) is 9.72 Å². The predicted octanol–water partition coefficient (Wildman–Crippen LogP) is 4.54. The van der Waals surface area contributed by atoms with Gasteiger partial charge in [0.2, 0.25) is 0 Å². The molecule has 19 heavy (non-hydrogen) atoms. The van der Waals surface area contributed by atoms with Crippen LogP contribution in [0.15, 0.2) is 6.20 Å². The van der Waals surface area contributed by atoms with Crippen molar-refractivity contribution in [3.05, 3.63) is 21.0 Å². The Morgan fingerprint density at radius 1 is 1.11 bits per heavy atom. The minimum atomic E-state index is -5.46. The van der Waals surface area contributed by atoms with Gasteiger partial charge in [0.25, 0.3) is 6.43 Å². The Balaban J connectivity index is 3.47. The third kappa shape index (κ3) is 4.04. The molecule has 0 radical (unpaired) electrons. The summed E-state index contributed by atoms with van der Waals surface area (Å²) in [5, 5.41) is 0. The van der Waals surface area contributed by atoms with Crippen LogP contribution in [0, 0.1) is 3.57 Å². The van der Waals surface area contributed by atoms with Crippen LogP contribution in [0.5, 0.6) is 5.75 Å². The van der Waals surface area contributed by atoms with Gasteiger partial charge in [-0.3, -0.25) is 0 Å². The second-order valence-electron chi connectivity index (χ2n) is 3.05. The highest BCUT2D eigenvalue weighted by atomic mass is 127. The largest absolute Gasteiger partial charge is 0.573 e. The van der Waals surface area contributed by atoms with Crippen LogP contribution in [0.4, 0.5) is 35.1 Å². The van der Waals surface area contributed by atoms with Gasteiger partial charge in [-0.1, -0.05) is 0 Å². The highest BCUT2D eigenvalue weighted by molar-refractivity contribution is 14.1. The van der Waals surface area contributed by atoms with Crippen LogP contribution in [-0.2, 0) is 6.18 Å². The number of nitrogens with zero attached hydrogens (tertiary/aromatic N) is 1. The first-order valence-electron chi connectivity index (χ1n) is 4.23. The monoisotopic (exact) mass is 407 g/mol. The summed E-state index contributed by atoms with van der Waals surface area (Å²) in [5.74, 6) is -1.78. The quantitative estimate of drug-likeness (QED) is 0.531. The van der Waals surface area contributed by atoms with Crippen LogP contribution in [0.1, 0.15) is 17.7 Å². The van der Waals surface area contributed by atoms with Crippen molar-refractivity contribution in [2.45, 2.75) is 19.0 Å². The maximum absolute atomic E-state index is 12.4. The number of rotatable bonds is 2. The highest BCUT2D eigenvalue weighted by Crippen LogP contribution is 2.42. The van der Waals surface area contributed by atoms with Crippen molar-refractivity contribution in [1.82, 2.24) is 4.98 Å². The standard InChI is InChI=1S/C8H2F8INO/c9-6(10)2-1-18-5(7(11,12)13)4(3(2)17)19-8(14,15)16/h1,6H. The highest BCUT2D eigenvalue weighted by Gasteiger charge is 2.43. The van der Waals surface area contributed by atoms with Gasteiger partial charge in [-0.05, 0) is 22.6 Å². The minimum absolute atomic E-state index is 0.165. The Morgan fingerprint density at radius 3 is 2.00 bits per heavy atom. The van der Waals surface area contributed by atoms with E-state index in [1.165, 1.54) is 0 Å². The van der Waals surface area contributed by atoms with E-state index in [-0.39, 0.29) is 6.20 Å². The summed E-state index contributed by atoms with van der Waals surface area (Å²) in [5.41, 5.74) is -3.09. The topological polar surface area (TPSA) is 22.1 Å². The van der Waals surface area contributed by atoms with E-state index >= 15 is 0 Å². The molecule has 0 N–H and O–H groups in total. The molecule has 1 aromatic rings. The van der Waals surface area contributed by atoms with Gasteiger partial charge < -0.3 is 4.74 Å². The van der Waals surface area contributed by atoms with Gasteiger partial charge in [-0.15, -0.1) is 13.2 Å². The Hall–Kier alpha value is -0.880. The SMILES string of the molecule is FC(F)c1cnc(C(F)(F)F)c(OC(F)(F)F)c1I. The van der Waals surface area contributed by atoms with Crippen LogP contribution in [0.2, 0.25) is 0 Å². The summed E-state index contributed by atoms with van der Waals surface area (Å²) in [7, 11) is 0. The van der Waals surface area contributed by atoms with Crippen molar-refractivity contribution in [2.24, 2.45) is 0 Å². The average molecular weight is 407 g/mol. The van der Waals surface area contributed by atoms with Crippen molar-refractivity contribution in [1.29, 1.82) is 0 Å².